The molecule has 1 unspecified atom stereocenters. The van der Waals surface area contributed by atoms with Crippen LogP contribution in [0.25, 0.3) is 11.3 Å². The zero-order valence-corrected chi connectivity index (χ0v) is 15.6. The number of hydrogen-bond donors (Lipinski definition) is 0. The molecule has 0 spiro atoms. The van der Waals surface area contributed by atoms with Crippen LogP contribution in [0.4, 0.5) is 0 Å². The van der Waals surface area contributed by atoms with Gasteiger partial charge in [0.2, 0.25) is 0 Å². The van der Waals surface area contributed by atoms with Crippen molar-refractivity contribution >= 4 is 15.9 Å². The molecule has 0 saturated carbocycles. The van der Waals surface area contributed by atoms with Gasteiger partial charge in [0.25, 0.3) is 0 Å². The van der Waals surface area contributed by atoms with Crippen molar-refractivity contribution in [2.24, 2.45) is 0 Å². The molecule has 1 atom stereocenters. The monoisotopic (exact) mass is 385 g/mol. The Balaban J connectivity index is 2.11. The molecule has 0 aliphatic carbocycles. The number of benzene rings is 2. The Kier molecular flexibility index (Phi) is 5.07. The van der Waals surface area contributed by atoms with Crippen molar-refractivity contribution in [3.63, 3.8) is 0 Å². The first-order chi connectivity index (χ1) is 11.7. The molecule has 3 aromatic rings. The van der Waals surface area contributed by atoms with Gasteiger partial charge in [-0.25, -0.2) is 0 Å². The topological polar surface area (TPSA) is 23.4 Å². The Bertz CT molecular complexity index is 810. The molecule has 0 aliphatic heterocycles. The van der Waals surface area contributed by atoms with E-state index < -0.39 is 0 Å². The van der Waals surface area contributed by atoms with Gasteiger partial charge >= 0.3 is 0 Å². The third-order valence-electron chi connectivity index (χ3n) is 4.18. The fourth-order valence-electron chi connectivity index (χ4n) is 3.00. The van der Waals surface area contributed by atoms with Gasteiger partial charge in [0.1, 0.15) is 13.2 Å². The van der Waals surface area contributed by atoms with E-state index >= 15 is 0 Å². The van der Waals surface area contributed by atoms with Crippen LogP contribution in [0.5, 0.6) is 0 Å². The first-order valence-corrected chi connectivity index (χ1v) is 8.55. The molecule has 0 saturated heterocycles. The van der Waals surface area contributed by atoms with Crippen molar-refractivity contribution in [1.29, 1.82) is 0 Å². The third kappa shape index (κ3) is 3.12. The number of methoxy groups -OCH3 is 1. The fraction of sp³-hybridized carbons (Fsp3) is 0.200. The third-order valence-corrected chi connectivity index (χ3v) is 4.71. The van der Waals surface area contributed by atoms with Crippen LogP contribution in [0, 0.1) is 6.92 Å². The van der Waals surface area contributed by atoms with Gasteiger partial charge in [0.15, 0.2) is 0 Å². The van der Waals surface area contributed by atoms with Crippen LogP contribution in [0.1, 0.15) is 22.9 Å². The molecule has 1 aromatic heterocycles. The van der Waals surface area contributed by atoms with E-state index in [1.807, 2.05) is 35.1 Å². The normalized spacial score (nSPS) is 12.2. The summed E-state index contributed by atoms with van der Waals surface area (Å²) in [6, 6.07) is 20.6. The van der Waals surface area contributed by atoms with E-state index in [9.17, 15) is 0 Å². The average molecular weight is 386 g/mol. The highest BCUT2D eigenvalue weighted by atomic mass is 79.9. The molecule has 124 valence electrons. The summed E-state index contributed by atoms with van der Waals surface area (Å²) in [5.74, 6) is 0. The van der Waals surface area contributed by atoms with Gasteiger partial charge in [0.05, 0.1) is 11.4 Å². The largest absolute Gasteiger partial charge is 0.417 e. The van der Waals surface area contributed by atoms with Crippen molar-refractivity contribution in [2.45, 2.75) is 13.0 Å². The summed E-state index contributed by atoms with van der Waals surface area (Å²) in [6.45, 7) is 2.05. The van der Waals surface area contributed by atoms with Crippen molar-refractivity contribution in [3.8, 4) is 11.3 Å². The van der Waals surface area contributed by atoms with Crippen molar-refractivity contribution in [1.82, 2.24) is 4.73 Å². The van der Waals surface area contributed by atoms with Crippen molar-refractivity contribution < 1.29 is 9.57 Å². The molecule has 3 rings (SSSR count). The van der Waals surface area contributed by atoms with Crippen LogP contribution in [0.2, 0.25) is 0 Å². The first-order valence-electron chi connectivity index (χ1n) is 7.76. The zero-order valence-electron chi connectivity index (χ0n) is 14.0. The first kappa shape index (κ1) is 16.8. The highest BCUT2D eigenvalue weighted by Gasteiger charge is 2.22. The molecular weight excluding hydrogens is 366 g/mol. The van der Waals surface area contributed by atoms with Gasteiger partial charge in [-0.15, -0.1) is 0 Å². The summed E-state index contributed by atoms with van der Waals surface area (Å²) in [7, 11) is 3.42. The van der Waals surface area contributed by atoms with E-state index in [0.29, 0.717) is 0 Å². The lowest BCUT2D eigenvalue weighted by atomic mass is 10.0. The molecule has 24 heavy (non-hydrogen) atoms. The van der Waals surface area contributed by atoms with E-state index in [1.54, 1.807) is 14.2 Å². The maximum atomic E-state index is 5.79. The molecular formula is C20H20BrNO2. The second-order valence-electron chi connectivity index (χ2n) is 5.58. The number of aromatic nitrogens is 1. The van der Waals surface area contributed by atoms with Crippen LogP contribution in [0.3, 0.4) is 0 Å². The maximum Gasteiger partial charge on any atom is 0.109 e. The van der Waals surface area contributed by atoms with Gasteiger partial charge < -0.3 is 9.57 Å². The minimum absolute atomic E-state index is 0.128. The fourth-order valence-corrected chi connectivity index (χ4v) is 3.26. The Labute approximate surface area is 150 Å². The molecule has 2 aromatic carbocycles. The molecule has 0 fully saturated rings. The molecule has 0 radical (unpaired) electrons. The Morgan fingerprint density at radius 2 is 1.62 bits per heavy atom. The lowest BCUT2D eigenvalue weighted by Crippen LogP contribution is -2.11. The highest BCUT2D eigenvalue weighted by Crippen LogP contribution is 2.33. The maximum absolute atomic E-state index is 5.79. The van der Waals surface area contributed by atoms with Crippen molar-refractivity contribution in [2.75, 3.05) is 14.2 Å². The molecule has 3 nitrogen and oxygen atoms in total. The summed E-state index contributed by atoms with van der Waals surface area (Å²) in [5.41, 5.74) is 5.36. The predicted octanol–water partition coefficient (Wildman–Crippen LogP) is 5.02. The van der Waals surface area contributed by atoms with E-state index in [4.69, 9.17) is 9.57 Å². The van der Waals surface area contributed by atoms with Gasteiger partial charge in [-0.3, -0.25) is 0 Å². The standard InChI is InChI=1S/C20H20BrNO2/c1-14-18(20(23-2)16-7-5-4-6-8-16)13-19(22(14)24-3)15-9-11-17(21)12-10-15/h4-13,20H,1-3H3. The molecule has 0 N–H and O–H groups in total. The van der Waals surface area contributed by atoms with Gasteiger partial charge in [-0.1, -0.05) is 58.4 Å². The average Bonchev–Trinajstić information content (AvgIpc) is 2.94. The molecule has 0 bridgehead atoms. The van der Waals surface area contributed by atoms with Crippen LogP contribution in [-0.4, -0.2) is 19.0 Å². The SMILES string of the molecule is COC(c1ccccc1)c1cc(-c2ccc(Br)cc2)n(OC)c1C. The van der Waals surface area contributed by atoms with Crippen molar-refractivity contribution in [3.05, 3.63) is 82.0 Å². The summed E-state index contributed by atoms with van der Waals surface area (Å²) >= 11 is 3.48. The number of hydrogen-bond acceptors (Lipinski definition) is 2. The minimum atomic E-state index is -0.128. The van der Waals surface area contributed by atoms with E-state index in [2.05, 4.69) is 53.2 Å². The van der Waals surface area contributed by atoms with Crippen LogP contribution in [-0.2, 0) is 4.74 Å². The zero-order chi connectivity index (χ0) is 17.1. The molecule has 1 heterocycles. The summed E-state index contributed by atoms with van der Waals surface area (Å²) < 4.78 is 8.70. The highest BCUT2D eigenvalue weighted by molar-refractivity contribution is 9.10. The Hall–Kier alpha value is -2.04. The number of halogens is 1. The second-order valence-corrected chi connectivity index (χ2v) is 6.50. The number of ether oxygens (including phenoxy) is 1. The van der Waals surface area contributed by atoms with E-state index in [1.165, 1.54) is 0 Å². The smallest absolute Gasteiger partial charge is 0.109 e. The Morgan fingerprint density at radius 1 is 0.958 bits per heavy atom. The van der Waals surface area contributed by atoms with Gasteiger partial charge in [-0.2, -0.15) is 4.73 Å². The van der Waals surface area contributed by atoms with Crippen LogP contribution in [0.15, 0.2) is 65.1 Å². The van der Waals surface area contributed by atoms with E-state index in [-0.39, 0.29) is 6.10 Å². The van der Waals surface area contributed by atoms with Crippen LogP contribution >= 0.6 is 15.9 Å². The minimum Gasteiger partial charge on any atom is -0.417 e. The lowest BCUT2D eigenvalue weighted by molar-refractivity contribution is 0.131. The molecule has 0 amide bonds. The van der Waals surface area contributed by atoms with Gasteiger partial charge in [-0.05, 0) is 30.7 Å². The summed E-state index contributed by atoms with van der Waals surface area (Å²) in [6.07, 6.45) is -0.128. The Morgan fingerprint density at radius 3 is 2.21 bits per heavy atom. The second kappa shape index (κ2) is 7.24. The molecule has 0 aliphatic rings. The lowest BCUT2D eigenvalue weighted by Gasteiger charge is -2.16. The quantitative estimate of drug-likeness (QED) is 0.615. The molecule has 4 heteroatoms. The number of nitrogens with zero attached hydrogens (tertiary/aromatic N) is 1. The van der Waals surface area contributed by atoms with E-state index in [0.717, 1.165) is 32.6 Å². The number of rotatable bonds is 5. The summed E-state index contributed by atoms with van der Waals surface area (Å²) in [4.78, 5) is 5.62. The van der Waals surface area contributed by atoms with Crippen LogP contribution < -0.4 is 4.84 Å². The van der Waals surface area contributed by atoms with Gasteiger partial charge in [0, 0.05) is 22.7 Å². The summed E-state index contributed by atoms with van der Waals surface area (Å²) in [5, 5.41) is 0. The predicted molar refractivity (Wildman–Crippen MR) is 100 cm³/mol.